The molecular weight excluding hydrogens is 343 g/mol. The number of piperazine rings is 1. The van der Waals surface area contributed by atoms with Crippen LogP contribution in [0.5, 0.6) is 5.75 Å². The number of nitrogens with one attached hydrogen (secondary N) is 1. The smallest absolute Gasteiger partial charge is 0.120 e. The Morgan fingerprint density at radius 2 is 1.62 bits per heavy atom. The fourth-order valence-corrected chi connectivity index (χ4v) is 3.58. The second-order valence-corrected chi connectivity index (χ2v) is 7.71. The molecule has 1 N–H and O–H groups in total. The van der Waals surface area contributed by atoms with E-state index >= 15 is 0 Å². The van der Waals surface area contributed by atoms with Gasteiger partial charge in [0, 0.05) is 32.2 Å². The summed E-state index contributed by atoms with van der Waals surface area (Å²) < 4.78 is 5.96. The summed E-state index contributed by atoms with van der Waals surface area (Å²) in [5.41, 5.74) is 1.33. The van der Waals surface area contributed by atoms with Crippen LogP contribution in [0.2, 0.25) is 0 Å². The van der Waals surface area contributed by atoms with Crippen LogP contribution in [0, 0.1) is 5.92 Å². The minimum atomic E-state index is -0.132. The predicted octanol–water partition coefficient (Wildman–Crippen LogP) is 4.45. The SMILES string of the molecule is CC(C)(C)Oc1ccc([C@H](C2CCC2)N2CCNCC2)cc1.Cl.Cl. The summed E-state index contributed by atoms with van der Waals surface area (Å²) >= 11 is 0. The van der Waals surface area contributed by atoms with Gasteiger partial charge in [0.05, 0.1) is 0 Å². The van der Waals surface area contributed by atoms with Crippen LogP contribution in [0.4, 0.5) is 0 Å². The van der Waals surface area contributed by atoms with Crippen molar-refractivity contribution >= 4 is 24.8 Å². The lowest BCUT2D eigenvalue weighted by atomic mass is 9.76. The van der Waals surface area contributed by atoms with Gasteiger partial charge in [-0.05, 0) is 57.2 Å². The summed E-state index contributed by atoms with van der Waals surface area (Å²) in [6.07, 6.45) is 4.17. The van der Waals surface area contributed by atoms with Crippen LogP contribution in [-0.4, -0.2) is 36.7 Å². The van der Waals surface area contributed by atoms with Gasteiger partial charge in [0.2, 0.25) is 0 Å². The summed E-state index contributed by atoms with van der Waals surface area (Å²) in [6.45, 7) is 10.9. The third-order valence-corrected chi connectivity index (χ3v) is 4.79. The summed E-state index contributed by atoms with van der Waals surface area (Å²) in [6, 6.07) is 9.46. The van der Waals surface area contributed by atoms with E-state index in [4.69, 9.17) is 4.74 Å². The molecule has 24 heavy (non-hydrogen) atoms. The molecule has 2 aliphatic rings. The van der Waals surface area contributed by atoms with Crippen molar-refractivity contribution in [1.29, 1.82) is 0 Å². The first kappa shape index (κ1) is 21.6. The van der Waals surface area contributed by atoms with Gasteiger partial charge in [-0.1, -0.05) is 18.6 Å². The van der Waals surface area contributed by atoms with Crippen molar-refractivity contribution in [3.05, 3.63) is 29.8 Å². The van der Waals surface area contributed by atoms with Crippen LogP contribution < -0.4 is 10.1 Å². The second-order valence-electron chi connectivity index (χ2n) is 7.71. The number of hydrogen-bond donors (Lipinski definition) is 1. The van der Waals surface area contributed by atoms with Crippen molar-refractivity contribution in [2.45, 2.75) is 51.7 Å². The van der Waals surface area contributed by atoms with E-state index in [1.807, 2.05) is 0 Å². The van der Waals surface area contributed by atoms with Crippen LogP contribution in [0.1, 0.15) is 51.6 Å². The maximum Gasteiger partial charge on any atom is 0.120 e. The molecule has 0 radical (unpaired) electrons. The lowest BCUT2D eigenvalue weighted by Crippen LogP contribution is -2.47. The van der Waals surface area contributed by atoms with E-state index in [0.29, 0.717) is 6.04 Å². The Morgan fingerprint density at radius 1 is 1.04 bits per heavy atom. The Balaban J connectivity index is 0.00000144. The molecule has 2 fully saturated rings. The average molecular weight is 375 g/mol. The first-order chi connectivity index (χ1) is 10.5. The predicted molar refractivity (Wildman–Crippen MR) is 106 cm³/mol. The Morgan fingerprint density at radius 3 is 2.08 bits per heavy atom. The van der Waals surface area contributed by atoms with Gasteiger partial charge in [-0.15, -0.1) is 24.8 Å². The van der Waals surface area contributed by atoms with Crippen molar-refractivity contribution in [3.8, 4) is 5.75 Å². The molecule has 1 saturated heterocycles. The number of halogens is 2. The molecule has 138 valence electrons. The molecule has 0 unspecified atom stereocenters. The monoisotopic (exact) mass is 374 g/mol. The lowest BCUT2D eigenvalue weighted by Gasteiger charge is -2.43. The highest BCUT2D eigenvalue weighted by molar-refractivity contribution is 5.85. The molecule has 1 aliphatic carbocycles. The molecule has 0 amide bonds. The molecular formula is C19H32Cl2N2O. The quantitative estimate of drug-likeness (QED) is 0.841. The molecule has 1 saturated carbocycles. The van der Waals surface area contributed by atoms with Gasteiger partial charge >= 0.3 is 0 Å². The highest BCUT2D eigenvalue weighted by atomic mass is 35.5. The normalized spacial score (nSPS) is 20.3. The third kappa shape index (κ3) is 5.52. The summed E-state index contributed by atoms with van der Waals surface area (Å²) in [5.74, 6) is 1.82. The molecule has 3 rings (SSSR count). The van der Waals surface area contributed by atoms with Crippen molar-refractivity contribution in [1.82, 2.24) is 10.2 Å². The van der Waals surface area contributed by atoms with Gasteiger partial charge in [-0.25, -0.2) is 0 Å². The van der Waals surface area contributed by atoms with Crippen LogP contribution in [0.15, 0.2) is 24.3 Å². The topological polar surface area (TPSA) is 24.5 Å². The Bertz CT molecular complexity index is 477. The zero-order valence-electron chi connectivity index (χ0n) is 15.1. The van der Waals surface area contributed by atoms with Crippen molar-refractivity contribution in [3.63, 3.8) is 0 Å². The number of ether oxygens (including phenoxy) is 1. The molecule has 1 aromatic carbocycles. The minimum Gasteiger partial charge on any atom is -0.488 e. The maximum atomic E-state index is 5.96. The summed E-state index contributed by atoms with van der Waals surface area (Å²) in [4.78, 5) is 2.68. The van der Waals surface area contributed by atoms with Crippen LogP contribution >= 0.6 is 24.8 Å². The second kappa shape index (κ2) is 9.28. The highest BCUT2D eigenvalue weighted by Gasteiger charge is 2.33. The standard InChI is InChI=1S/C19H30N2O.2ClH/c1-19(2,3)22-17-9-7-16(8-10-17)18(15-5-4-6-15)21-13-11-20-12-14-21;;/h7-10,15,18,20H,4-6,11-14H2,1-3H3;2*1H/t18-;;/m0../s1. The molecule has 1 atom stereocenters. The number of nitrogens with zero attached hydrogens (tertiary/aromatic N) is 1. The molecule has 1 aromatic rings. The Kier molecular flexibility index (Phi) is 8.34. The van der Waals surface area contributed by atoms with E-state index in [1.165, 1.54) is 37.9 Å². The summed E-state index contributed by atoms with van der Waals surface area (Å²) in [7, 11) is 0. The molecule has 0 spiro atoms. The first-order valence-corrected chi connectivity index (χ1v) is 8.77. The largest absolute Gasteiger partial charge is 0.488 e. The van der Waals surface area contributed by atoms with Gasteiger partial charge in [0.15, 0.2) is 0 Å². The van der Waals surface area contributed by atoms with E-state index < -0.39 is 0 Å². The molecule has 0 aromatic heterocycles. The summed E-state index contributed by atoms with van der Waals surface area (Å²) in [5, 5.41) is 3.47. The van der Waals surface area contributed by atoms with Gasteiger partial charge in [0.25, 0.3) is 0 Å². The minimum absolute atomic E-state index is 0. The van der Waals surface area contributed by atoms with E-state index in [0.717, 1.165) is 24.8 Å². The Hall–Kier alpha value is -0.480. The van der Waals surface area contributed by atoms with E-state index in [9.17, 15) is 0 Å². The van der Waals surface area contributed by atoms with Gasteiger partial charge in [0.1, 0.15) is 11.4 Å². The zero-order valence-corrected chi connectivity index (χ0v) is 16.7. The number of benzene rings is 1. The lowest BCUT2D eigenvalue weighted by molar-refractivity contribution is 0.0835. The Labute approximate surface area is 159 Å². The zero-order chi connectivity index (χ0) is 15.6. The highest BCUT2D eigenvalue weighted by Crippen LogP contribution is 2.41. The van der Waals surface area contributed by atoms with Crippen molar-refractivity contribution < 1.29 is 4.74 Å². The fourth-order valence-electron chi connectivity index (χ4n) is 3.58. The van der Waals surface area contributed by atoms with Gasteiger partial charge in [-0.3, -0.25) is 4.90 Å². The van der Waals surface area contributed by atoms with E-state index in [-0.39, 0.29) is 30.4 Å². The molecule has 1 heterocycles. The fraction of sp³-hybridized carbons (Fsp3) is 0.684. The number of rotatable bonds is 4. The van der Waals surface area contributed by atoms with Crippen LogP contribution in [0.3, 0.4) is 0 Å². The van der Waals surface area contributed by atoms with Gasteiger partial charge < -0.3 is 10.1 Å². The van der Waals surface area contributed by atoms with Crippen molar-refractivity contribution in [2.24, 2.45) is 5.92 Å². The van der Waals surface area contributed by atoms with E-state index in [1.54, 1.807) is 0 Å². The molecule has 5 heteroatoms. The average Bonchev–Trinajstić information content (AvgIpc) is 2.43. The van der Waals surface area contributed by atoms with Crippen LogP contribution in [0.25, 0.3) is 0 Å². The number of hydrogen-bond acceptors (Lipinski definition) is 3. The van der Waals surface area contributed by atoms with Crippen molar-refractivity contribution in [2.75, 3.05) is 26.2 Å². The van der Waals surface area contributed by atoms with E-state index in [2.05, 4.69) is 55.3 Å². The van der Waals surface area contributed by atoms with Crippen LogP contribution in [-0.2, 0) is 0 Å². The molecule has 1 aliphatic heterocycles. The first-order valence-electron chi connectivity index (χ1n) is 8.77. The maximum absolute atomic E-state index is 5.96. The van der Waals surface area contributed by atoms with Gasteiger partial charge in [-0.2, -0.15) is 0 Å². The third-order valence-electron chi connectivity index (χ3n) is 4.79. The molecule has 0 bridgehead atoms. The molecule has 3 nitrogen and oxygen atoms in total.